The summed E-state index contributed by atoms with van der Waals surface area (Å²) in [7, 11) is 0. The molecule has 2 rings (SSSR count). The van der Waals surface area contributed by atoms with Gasteiger partial charge < -0.3 is 4.74 Å². The molecule has 0 bridgehead atoms. The van der Waals surface area contributed by atoms with Crippen molar-refractivity contribution in [3.8, 4) is 11.8 Å². The van der Waals surface area contributed by atoms with Crippen LogP contribution in [0.4, 0.5) is 0 Å². The molecule has 0 aliphatic carbocycles. The zero-order valence-electron chi connectivity index (χ0n) is 9.24. The van der Waals surface area contributed by atoms with Gasteiger partial charge in [0.05, 0.1) is 15.4 Å². The van der Waals surface area contributed by atoms with E-state index in [1.807, 2.05) is 25.1 Å². The SMILES string of the molecule is Cc1ccc(C#N)cc1OCc1ccc(Br)s1. The van der Waals surface area contributed by atoms with Gasteiger partial charge in [-0.25, -0.2) is 0 Å². The number of ether oxygens (including phenoxy) is 1. The van der Waals surface area contributed by atoms with Gasteiger partial charge in [-0.2, -0.15) is 5.26 Å². The van der Waals surface area contributed by atoms with Crippen LogP contribution < -0.4 is 4.74 Å². The van der Waals surface area contributed by atoms with Gasteiger partial charge in [0.2, 0.25) is 0 Å². The highest BCUT2D eigenvalue weighted by molar-refractivity contribution is 9.11. The van der Waals surface area contributed by atoms with Gasteiger partial charge in [0.25, 0.3) is 0 Å². The zero-order chi connectivity index (χ0) is 12.3. The Morgan fingerprint density at radius 1 is 1.35 bits per heavy atom. The van der Waals surface area contributed by atoms with Crippen molar-refractivity contribution in [3.63, 3.8) is 0 Å². The summed E-state index contributed by atoms with van der Waals surface area (Å²) < 4.78 is 6.81. The fourth-order valence-corrected chi connectivity index (χ4v) is 2.80. The lowest BCUT2D eigenvalue weighted by Gasteiger charge is -2.07. The maximum Gasteiger partial charge on any atom is 0.124 e. The molecule has 0 aliphatic heterocycles. The Balaban J connectivity index is 2.11. The highest BCUT2D eigenvalue weighted by atomic mass is 79.9. The minimum absolute atomic E-state index is 0.534. The Hall–Kier alpha value is -1.31. The van der Waals surface area contributed by atoms with E-state index in [0.717, 1.165) is 20.0 Å². The van der Waals surface area contributed by atoms with Crippen molar-refractivity contribution in [3.05, 3.63) is 50.1 Å². The molecule has 1 aromatic carbocycles. The van der Waals surface area contributed by atoms with Crippen LogP contribution in [0.1, 0.15) is 16.0 Å². The Kier molecular flexibility index (Phi) is 3.82. The molecular weight excluding hydrogens is 298 g/mol. The van der Waals surface area contributed by atoms with Crippen LogP contribution in [0.5, 0.6) is 5.75 Å². The lowest BCUT2D eigenvalue weighted by atomic mass is 10.1. The summed E-state index contributed by atoms with van der Waals surface area (Å²) in [6.07, 6.45) is 0. The molecule has 17 heavy (non-hydrogen) atoms. The first-order chi connectivity index (χ1) is 8.19. The van der Waals surface area contributed by atoms with Crippen molar-refractivity contribution in [2.45, 2.75) is 13.5 Å². The van der Waals surface area contributed by atoms with E-state index >= 15 is 0 Å². The molecule has 4 heteroatoms. The predicted molar refractivity (Wildman–Crippen MR) is 72.2 cm³/mol. The van der Waals surface area contributed by atoms with Crippen molar-refractivity contribution in [2.75, 3.05) is 0 Å². The van der Waals surface area contributed by atoms with Crippen molar-refractivity contribution >= 4 is 27.3 Å². The smallest absolute Gasteiger partial charge is 0.124 e. The van der Waals surface area contributed by atoms with E-state index < -0.39 is 0 Å². The van der Waals surface area contributed by atoms with Crippen LogP contribution in [-0.4, -0.2) is 0 Å². The highest BCUT2D eigenvalue weighted by Crippen LogP contribution is 2.25. The molecule has 0 saturated carbocycles. The summed E-state index contributed by atoms with van der Waals surface area (Å²) in [6, 6.07) is 11.6. The topological polar surface area (TPSA) is 33.0 Å². The molecule has 2 nitrogen and oxygen atoms in total. The average molecular weight is 308 g/mol. The summed E-state index contributed by atoms with van der Waals surface area (Å²) in [5, 5.41) is 8.83. The molecule has 1 aromatic heterocycles. The third-order valence-electron chi connectivity index (χ3n) is 2.32. The normalized spacial score (nSPS) is 9.94. The van der Waals surface area contributed by atoms with Gasteiger partial charge in [0, 0.05) is 4.88 Å². The maximum absolute atomic E-state index is 8.83. The summed E-state index contributed by atoms with van der Waals surface area (Å²) in [6.45, 7) is 2.51. The Bertz CT molecular complexity index is 571. The molecule has 2 aromatic rings. The molecular formula is C13H10BrNOS. The van der Waals surface area contributed by atoms with Gasteiger partial charge in [-0.15, -0.1) is 11.3 Å². The molecule has 0 amide bonds. The van der Waals surface area contributed by atoms with E-state index in [0.29, 0.717) is 12.2 Å². The molecule has 0 radical (unpaired) electrons. The highest BCUT2D eigenvalue weighted by Gasteiger charge is 2.03. The van der Waals surface area contributed by atoms with E-state index in [1.54, 1.807) is 23.5 Å². The van der Waals surface area contributed by atoms with Gasteiger partial charge in [-0.3, -0.25) is 0 Å². The predicted octanol–water partition coefficient (Wildman–Crippen LogP) is 4.27. The lowest BCUT2D eigenvalue weighted by molar-refractivity contribution is 0.307. The van der Waals surface area contributed by atoms with E-state index in [-0.39, 0.29) is 0 Å². The molecule has 0 aliphatic rings. The summed E-state index contributed by atoms with van der Waals surface area (Å²) >= 11 is 5.07. The lowest BCUT2D eigenvalue weighted by Crippen LogP contribution is -1.95. The Morgan fingerprint density at radius 3 is 2.82 bits per heavy atom. The molecule has 0 saturated heterocycles. The molecule has 1 heterocycles. The monoisotopic (exact) mass is 307 g/mol. The largest absolute Gasteiger partial charge is 0.488 e. The maximum atomic E-state index is 8.83. The van der Waals surface area contributed by atoms with Gasteiger partial charge in [0.15, 0.2) is 0 Å². The quantitative estimate of drug-likeness (QED) is 0.848. The van der Waals surface area contributed by atoms with Crippen LogP contribution in [0.3, 0.4) is 0 Å². The van der Waals surface area contributed by atoms with Crippen LogP contribution in [0.25, 0.3) is 0 Å². The number of rotatable bonds is 3. The minimum atomic E-state index is 0.534. The average Bonchev–Trinajstić information content (AvgIpc) is 2.74. The van der Waals surface area contributed by atoms with E-state index in [4.69, 9.17) is 10.00 Å². The van der Waals surface area contributed by atoms with E-state index in [1.165, 1.54) is 0 Å². The summed E-state index contributed by atoms with van der Waals surface area (Å²) in [4.78, 5) is 1.15. The van der Waals surface area contributed by atoms with Gasteiger partial charge in [-0.05, 0) is 52.7 Å². The van der Waals surface area contributed by atoms with Crippen LogP contribution in [0.15, 0.2) is 34.1 Å². The summed E-state index contributed by atoms with van der Waals surface area (Å²) in [5.74, 6) is 0.772. The first-order valence-electron chi connectivity index (χ1n) is 5.07. The second kappa shape index (κ2) is 5.35. The third-order valence-corrected chi connectivity index (χ3v) is 3.91. The molecule has 86 valence electrons. The number of hydrogen-bond acceptors (Lipinski definition) is 3. The van der Waals surface area contributed by atoms with Gasteiger partial charge in [-0.1, -0.05) is 6.07 Å². The fraction of sp³-hybridized carbons (Fsp3) is 0.154. The number of aryl methyl sites for hydroxylation is 1. The number of thiophene rings is 1. The second-order valence-corrected chi connectivity index (χ2v) is 6.13. The van der Waals surface area contributed by atoms with Gasteiger partial charge in [0.1, 0.15) is 12.4 Å². The standard InChI is InChI=1S/C13H10BrNOS/c1-9-2-3-10(7-15)6-12(9)16-8-11-4-5-13(14)17-11/h2-6H,8H2,1H3. The first-order valence-corrected chi connectivity index (χ1v) is 6.68. The molecule has 0 fully saturated rings. The van der Waals surface area contributed by atoms with E-state index in [2.05, 4.69) is 22.0 Å². The number of halogens is 1. The third kappa shape index (κ3) is 3.09. The Morgan fingerprint density at radius 2 is 2.18 bits per heavy atom. The minimum Gasteiger partial charge on any atom is -0.488 e. The Labute approximate surface area is 113 Å². The van der Waals surface area contributed by atoms with Crippen molar-refractivity contribution in [2.24, 2.45) is 0 Å². The number of benzene rings is 1. The fourth-order valence-electron chi connectivity index (χ4n) is 1.40. The molecule has 0 atom stereocenters. The number of hydrogen-bond donors (Lipinski definition) is 0. The number of nitrogens with zero attached hydrogens (tertiary/aromatic N) is 1. The molecule has 0 unspecified atom stereocenters. The van der Waals surface area contributed by atoms with Crippen LogP contribution in [0.2, 0.25) is 0 Å². The van der Waals surface area contributed by atoms with Gasteiger partial charge >= 0.3 is 0 Å². The molecule has 0 N–H and O–H groups in total. The summed E-state index contributed by atoms with van der Waals surface area (Å²) in [5.41, 5.74) is 1.66. The second-order valence-electron chi connectivity index (χ2n) is 3.59. The van der Waals surface area contributed by atoms with Crippen molar-refractivity contribution in [1.29, 1.82) is 5.26 Å². The first kappa shape index (κ1) is 12.2. The van der Waals surface area contributed by atoms with Crippen LogP contribution in [0, 0.1) is 18.3 Å². The van der Waals surface area contributed by atoms with Crippen molar-refractivity contribution in [1.82, 2.24) is 0 Å². The molecule has 0 spiro atoms. The van der Waals surface area contributed by atoms with E-state index in [9.17, 15) is 0 Å². The number of nitriles is 1. The van der Waals surface area contributed by atoms with Crippen molar-refractivity contribution < 1.29 is 4.74 Å². The van der Waals surface area contributed by atoms with Crippen LogP contribution in [-0.2, 0) is 6.61 Å². The zero-order valence-corrected chi connectivity index (χ0v) is 11.6. The van der Waals surface area contributed by atoms with Crippen LogP contribution >= 0.6 is 27.3 Å².